The molecule has 0 spiro atoms. The maximum atomic E-state index is 12.8. The fourth-order valence-corrected chi connectivity index (χ4v) is 3.27. The second-order valence-corrected chi connectivity index (χ2v) is 6.64. The number of carbonyl (C=O) groups excluding carboxylic acids is 2. The molecular formula is C18H23FN2O2. The Morgan fingerprint density at radius 2 is 1.52 bits per heavy atom. The van der Waals surface area contributed by atoms with Crippen molar-refractivity contribution in [2.45, 2.75) is 51.0 Å². The van der Waals surface area contributed by atoms with Crippen molar-refractivity contribution < 1.29 is 14.0 Å². The lowest BCUT2D eigenvalue weighted by atomic mass is 10.1. The first-order chi connectivity index (χ1) is 11.1. The summed E-state index contributed by atoms with van der Waals surface area (Å²) in [5.41, 5.74) is 0.561. The average Bonchev–Trinajstić information content (AvgIpc) is 3.33. The van der Waals surface area contributed by atoms with E-state index >= 15 is 0 Å². The molecule has 1 aromatic carbocycles. The predicted octanol–water partition coefficient (Wildman–Crippen LogP) is 3.24. The Morgan fingerprint density at radius 3 is 2.17 bits per heavy atom. The molecule has 0 aromatic heterocycles. The van der Waals surface area contributed by atoms with Gasteiger partial charge in [-0.15, -0.1) is 0 Å². The summed E-state index contributed by atoms with van der Waals surface area (Å²) in [7, 11) is 0. The topological polar surface area (TPSA) is 58.2 Å². The smallest absolute Gasteiger partial charge is 0.228 e. The van der Waals surface area contributed by atoms with Crippen LogP contribution >= 0.6 is 0 Å². The van der Waals surface area contributed by atoms with E-state index in [2.05, 4.69) is 10.6 Å². The van der Waals surface area contributed by atoms with Crippen molar-refractivity contribution in [2.75, 3.05) is 5.32 Å². The molecule has 0 radical (unpaired) electrons. The number of anilines is 1. The quantitative estimate of drug-likeness (QED) is 0.837. The van der Waals surface area contributed by atoms with Gasteiger partial charge in [0.15, 0.2) is 0 Å². The molecule has 2 fully saturated rings. The zero-order valence-electron chi connectivity index (χ0n) is 13.2. The average molecular weight is 318 g/mol. The molecule has 2 aliphatic carbocycles. The Bertz CT molecular complexity index is 565. The second-order valence-electron chi connectivity index (χ2n) is 6.64. The zero-order chi connectivity index (χ0) is 16.2. The molecule has 2 N–H and O–H groups in total. The van der Waals surface area contributed by atoms with E-state index in [1.165, 1.54) is 49.9 Å². The Kier molecular flexibility index (Phi) is 4.94. The highest BCUT2D eigenvalue weighted by Crippen LogP contribution is 2.39. The van der Waals surface area contributed by atoms with Crippen molar-refractivity contribution in [2.24, 2.45) is 11.8 Å². The van der Waals surface area contributed by atoms with E-state index in [1.807, 2.05) is 0 Å². The van der Waals surface area contributed by atoms with Gasteiger partial charge in [0.2, 0.25) is 11.8 Å². The summed E-state index contributed by atoms with van der Waals surface area (Å²) >= 11 is 0. The number of benzene rings is 1. The minimum absolute atomic E-state index is 0.0103. The second kappa shape index (κ2) is 7.11. The number of rotatable bonds is 4. The van der Waals surface area contributed by atoms with Crippen LogP contribution in [0.3, 0.4) is 0 Å². The van der Waals surface area contributed by atoms with E-state index < -0.39 is 0 Å². The SMILES string of the molecule is O=C(Nc1ccc(F)cc1)C1CC1C(=O)NC1CCCCCC1. The molecule has 0 saturated heterocycles. The molecule has 124 valence electrons. The van der Waals surface area contributed by atoms with Gasteiger partial charge in [0.05, 0.1) is 11.8 Å². The van der Waals surface area contributed by atoms with E-state index in [9.17, 15) is 14.0 Å². The fraction of sp³-hybridized carbons (Fsp3) is 0.556. The van der Waals surface area contributed by atoms with Crippen LogP contribution in [0.15, 0.2) is 24.3 Å². The summed E-state index contributed by atoms with van der Waals surface area (Å²) < 4.78 is 12.8. The summed E-state index contributed by atoms with van der Waals surface area (Å²) in [6.45, 7) is 0. The van der Waals surface area contributed by atoms with Crippen molar-refractivity contribution in [3.05, 3.63) is 30.1 Å². The van der Waals surface area contributed by atoms with Crippen molar-refractivity contribution in [3.63, 3.8) is 0 Å². The van der Waals surface area contributed by atoms with E-state index in [4.69, 9.17) is 0 Å². The molecule has 0 bridgehead atoms. The van der Waals surface area contributed by atoms with Crippen LogP contribution in [-0.2, 0) is 9.59 Å². The van der Waals surface area contributed by atoms with Gasteiger partial charge < -0.3 is 10.6 Å². The number of hydrogen-bond donors (Lipinski definition) is 2. The van der Waals surface area contributed by atoms with Crippen molar-refractivity contribution in [3.8, 4) is 0 Å². The van der Waals surface area contributed by atoms with Gasteiger partial charge in [0, 0.05) is 11.7 Å². The predicted molar refractivity (Wildman–Crippen MR) is 86.3 cm³/mol. The van der Waals surface area contributed by atoms with Crippen molar-refractivity contribution in [1.29, 1.82) is 0 Å². The normalized spacial score (nSPS) is 24.6. The molecule has 5 heteroatoms. The Balaban J connectivity index is 1.47. The van der Waals surface area contributed by atoms with Gasteiger partial charge in [-0.2, -0.15) is 0 Å². The van der Waals surface area contributed by atoms with Crippen molar-refractivity contribution >= 4 is 17.5 Å². The molecule has 0 heterocycles. The first kappa shape index (κ1) is 16.0. The van der Waals surface area contributed by atoms with Crippen LogP contribution in [0.4, 0.5) is 10.1 Å². The first-order valence-corrected chi connectivity index (χ1v) is 8.50. The third kappa shape index (κ3) is 4.30. The maximum Gasteiger partial charge on any atom is 0.228 e. The largest absolute Gasteiger partial charge is 0.353 e. The summed E-state index contributed by atoms with van der Waals surface area (Å²) in [4.78, 5) is 24.4. The van der Waals surface area contributed by atoms with Crippen molar-refractivity contribution in [1.82, 2.24) is 5.32 Å². The highest BCUT2D eigenvalue weighted by molar-refractivity contribution is 5.99. The Morgan fingerprint density at radius 1 is 0.913 bits per heavy atom. The molecule has 2 amide bonds. The summed E-state index contributed by atoms with van der Waals surface area (Å²) in [6.07, 6.45) is 7.53. The van der Waals surface area contributed by atoms with E-state index in [0.717, 1.165) is 12.8 Å². The lowest BCUT2D eigenvalue weighted by Gasteiger charge is -2.16. The molecule has 2 unspecified atom stereocenters. The minimum atomic E-state index is -0.338. The van der Waals surface area contributed by atoms with Crippen LogP contribution in [0.25, 0.3) is 0 Å². The van der Waals surface area contributed by atoms with Gasteiger partial charge in [-0.3, -0.25) is 9.59 Å². The highest BCUT2D eigenvalue weighted by Gasteiger charge is 2.48. The van der Waals surface area contributed by atoms with Crippen LogP contribution in [0.1, 0.15) is 44.9 Å². The van der Waals surface area contributed by atoms with Crippen LogP contribution in [0, 0.1) is 17.7 Å². The maximum absolute atomic E-state index is 12.8. The number of hydrogen-bond acceptors (Lipinski definition) is 2. The summed E-state index contributed by atoms with van der Waals surface area (Å²) in [6, 6.07) is 5.93. The molecule has 3 rings (SSSR count). The van der Waals surface area contributed by atoms with Gasteiger partial charge in [0.1, 0.15) is 5.82 Å². The third-order valence-electron chi connectivity index (χ3n) is 4.78. The summed E-state index contributed by atoms with van der Waals surface area (Å²) in [5, 5.41) is 5.85. The fourth-order valence-electron chi connectivity index (χ4n) is 3.27. The van der Waals surface area contributed by atoms with Gasteiger partial charge in [0.25, 0.3) is 0 Å². The molecule has 2 aliphatic rings. The van der Waals surface area contributed by atoms with Gasteiger partial charge in [-0.05, 0) is 43.5 Å². The Hall–Kier alpha value is -1.91. The number of nitrogens with one attached hydrogen (secondary N) is 2. The lowest BCUT2D eigenvalue weighted by Crippen LogP contribution is -2.36. The molecule has 2 atom stereocenters. The monoisotopic (exact) mass is 318 g/mol. The number of amides is 2. The van der Waals surface area contributed by atoms with Crippen LogP contribution < -0.4 is 10.6 Å². The summed E-state index contributed by atoms with van der Waals surface area (Å²) in [5.74, 6) is -0.951. The van der Waals surface area contributed by atoms with Gasteiger partial charge >= 0.3 is 0 Å². The van der Waals surface area contributed by atoms with Crippen LogP contribution in [0.2, 0.25) is 0 Å². The molecule has 0 aliphatic heterocycles. The molecule has 23 heavy (non-hydrogen) atoms. The lowest BCUT2D eigenvalue weighted by molar-refractivity contribution is -0.125. The van der Waals surface area contributed by atoms with Crippen LogP contribution in [0.5, 0.6) is 0 Å². The highest BCUT2D eigenvalue weighted by atomic mass is 19.1. The van der Waals surface area contributed by atoms with E-state index in [-0.39, 0.29) is 35.5 Å². The van der Waals surface area contributed by atoms with E-state index in [1.54, 1.807) is 0 Å². The molecule has 2 saturated carbocycles. The standard InChI is InChI=1S/C18H23FN2O2/c19-12-7-9-14(10-8-12)21-18(23)16-11-15(16)17(22)20-13-5-3-1-2-4-6-13/h7-10,13,15-16H,1-6,11H2,(H,20,22)(H,21,23). The molecule has 4 nitrogen and oxygen atoms in total. The Labute approximate surface area is 135 Å². The third-order valence-corrected chi connectivity index (χ3v) is 4.78. The zero-order valence-corrected chi connectivity index (χ0v) is 13.2. The number of carbonyl (C=O) groups is 2. The molecule has 1 aromatic rings. The minimum Gasteiger partial charge on any atom is -0.353 e. The van der Waals surface area contributed by atoms with Crippen LogP contribution in [-0.4, -0.2) is 17.9 Å². The number of halogens is 1. The first-order valence-electron chi connectivity index (χ1n) is 8.50. The molecular weight excluding hydrogens is 295 g/mol. The van der Waals surface area contributed by atoms with E-state index in [0.29, 0.717) is 12.1 Å². The van der Waals surface area contributed by atoms with Gasteiger partial charge in [-0.1, -0.05) is 25.7 Å². The van der Waals surface area contributed by atoms with Gasteiger partial charge in [-0.25, -0.2) is 4.39 Å².